The largest absolute Gasteiger partial charge is 0.493 e. The molecule has 1 amide bonds. The Balaban J connectivity index is 1.48. The first kappa shape index (κ1) is 21.0. The number of amides is 1. The van der Waals surface area contributed by atoms with Gasteiger partial charge in [-0.2, -0.15) is 0 Å². The predicted octanol–water partition coefficient (Wildman–Crippen LogP) is 4.86. The zero-order valence-corrected chi connectivity index (χ0v) is 18.5. The van der Waals surface area contributed by atoms with Crippen molar-refractivity contribution in [1.82, 2.24) is 9.80 Å². The van der Waals surface area contributed by atoms with Gasteiger partial charge in [0.25, 0.3) is 5.91 Å². The van der Waals surface area contributed by atoms with Crippen LogP contribution in [0.25, 0.3) is 0 Å². The summed E-state index contributed by atoms with van der Waals surface area (Å²) in [7, 11) is 1.61. The van der Waals surface area contributed by atoms with E-state index in [2.05, 4.69) is 4.90 Å². The second kappa shape index (κ2) is 8.58. The Kier molecular flexibility index (Phi) is 5.46. The number of rotatable bonds is 2. The van der Waals surface area contributed by atoms with Gasteiger partial charge in [-0.3, -0.25) is 4.79 Å². The zero-order valence-electron chi connectivity index (χ0n) is 18.5. The van der Waals surface area contributed by atoms with E-state index in [9.17, 15) is 9.18 Å². The number of hydrogen-bond acceptors (Lipinski definition) is 5. The van der Waals surface area contributed by atoms with Crippen LogP contribution in [0.2, 0.25) is 0 Å². The Labute approximate surface area is 191 Å². The van der Waals surface area contributed by atoms with Gasteiger partial charge in [-0.1, -0.05) is 30.3 Å². The molecule has 0 saturated carbocycles. The number of amidine groups is 1. The average molecular weight is 445 g/mol. The summed E-state index contributed by atoms with van der Waals surface area (Å²) in [6.07, 6.45) is 0. The van der Waals surface area contributed by atoms with Gasteiger partial charge in [0, 0.05) is 25.7 Å². The van der Waals surface area contributed by atoms with Crippen molar-refractivity contribution < 1.29 is 18.7 Å². The number of methoxy groups -OCH3 is 1. The molecular weight excluding hydrogens is 421 g/mol. The number of carbonyl (C=O) groups excluding carboxylic acids is 1. The lowest BCUT2D eigenvalue weighted by atomic mass is 10.1. The maximum Gasteiger partial charge on any atom is 0.257 e. The molecule has 3 aromatic rings. The lowest BCUT2D eigenvalue weighted by molar-refractivity contribution is 0.0576. The molecule has 0 N–H and O–H groups in total. The first-order valence-corrected chi connectivity index (χ1v) is 10.9. The molecule has 0 unspecified atom stereocenters. The summed E-state index contributed by atoms with van der Waals surface area (Å²) in [5.74, 6) is 1.86. The highest BCUT2D eigenvalue weighted by Gasteiger charge is 2.33. The molecule has 1 saturated heterocycles. The second-order valence-electron chi connectivity index (χ2n) is 8.12. The van der Waals surface area contributed by atoms with Crippen molar-refractivity contribution in [2.24, 2.45) is 4.99 Å². The van der Waals surface area contributed by atoms with Gasteiger partial charge in [-0.05, 0) is 43.3 Å². The van der Waals surface area contributed by atoms with Crippen LogP contribution in [0.15, 0.2) is 71.7 Å². The Morgan fingerprint density at radius 3 is 2.64 bits per heavy atom. The molecule has 168 valence electrons. The first-order valence-electron chi connectivity index (χ1n) is 10.9. The number of aliphatic imine (C=N–C) groups is 1. The number of para-hydroxylation sites is 3. The summed E-state index contributed by atoms with van der Waals surface area (Å²) in [5.41, 5.74) is 1.65. The van der Waals surface area contributed by atoms with Crippen molar-refractivity contribution in [2.75, 3.05) is 26.7 Å². The smallest absolute Gasteiger partial charge is 0.257 e. The van der Waals surface area contributed by atoms with Gasteiger partial charge in [0.1, 0.15) is 17.3 Å². The fourth-order valence-corrected chi connectivity index (χ4v) is 4.36. The third kappa shape index (κ3) is 3.80. The average Bonchev–Trinajstić information content (AvgIpc) is 3.00. The van der Waals surface area contributed by atoms with Crippen molar-refractivity contribution in [1.29, 1.82) is 0 Å². The number of hydrogen-bond donors (Lipinski definition) is 0. The van der Waals surface area contributed by atoms with Crippen LogP contribution in [0.4, 0.5) is 10.1 Å². The highest BCUT2D eigenvalue weighted by molar-refractivity contribution is 6.04. The molecule has 3 aromatic carbocycles. The summed E-state index contributed by atoms with van der Waals surface area (Å²) >= 11 is 0. The highest BCUT2D eigenvalue weighted by Crippen LogP contribution is 2.42. The molecule has 0 aromatic heterocycles. The molecule has 0 bridgehead atoms. The van der Waals surface area contributed by atoms with E-state index in [1.165, 1.54) is 12.1 Å². The van der Waals surface area contributed by atoms with E-state index in [1.54, 1.807) is 24.1 Å². The monoisotopic (exact) mass is 445 g/mol. The Morgan fingerprint density at radius 2 is 1.85 bits per heavy atom. The van der Waals surface area contributed by atoms with Crippen molar-refractivity contribution in [2.45, 2.75) is 13.0 Å². The molecular formula is C26H24FN3O3. The number of halogens is 1. The van der Waals surface area contributed by atoms with E-state index >= 15 is 0 Å². The van der Waals surface area contributed by atoms with E-state index < -0.39 is 5.82 Å². The quantitative estimate of drug-likeness (QED) is 0.565. The van der Waals surface area contributed by atoms with Crippen molar-refractivity contribution >= 4 is 17.4 Å². The van der Waals surface area contributed by atoms with Crippen molar-refractivity contribution in [3.63, 3.8) is 0 Å². The SMILES string of the molecule is COc1cccc2c1Oc1ccccc1N=C2N1CCN(C(=O)c2ccccc2F)[C@@H](C)C1. The minimum atomic E-state index is -0.500. The highest BCUT2D eigenvalue weighted by atomic mass is 19.1. The Hall–Kier alpha value is -3.87. The molecule has 1 atom stereocenters. The van der Waals surface area contributed by atoms with Crippen molar-refractivity contribution in [3.8, 4) is 17.2 Å². The minimum absolute atomic E-state index is 0.0991. The van der Waals surface area contributed by atoms with Crippen LogP contribution in [0.5, 0.6) is 17.2 Å². The number of fused-ring (bicyclic) bond motifs is 2. The van der Waals surface area contributed by atoms with E-state index in [0.717, 1.165) is 17.1 Å². The van der Waals surface area contributed by atoms with Crippen LogP contribution in [-0.4, -0.2) is 54.3 Å². The molecule has 33 heavy (non-hydrogen) atoms. The van der Waals surface area contributed by atoms with Crippen LogP contribution in [0, 0.1) is 5.82 Å². The maximum absolute atomic E-state index is 14.2. The third-order valence-corrected chi connectivity index (χ3v) is 6.04. The number of ether oxygens (including phenoxy) is 2. The van der Waals surface area contributed by atoms with Gasteiger partial charge < -0.3 is 19.3 Å². The van der Waals surface area contributed by atoms with Gasteiger partial charge in [-0.15, -0.1) is 0 Å². The van der Waals surface area contributed by atoms with Gasteiger partial charge in [0.15, 0.2) is 17.2 Å². The lowest BCUT2D eigenvalue weighted by Gasteiger charge is -2.41. The number of piperazine rings is 1. The molecule has 6 nitrogen and oxygen atoms in total. The second-order valence-corrected chi connectivity index (χ2v) is 8.12. The number of nitrogens with zero attached hydrogens (tertiary/aromatic N) is 3. The van der Waals surface area contributed by atoms with Crippen LogP contribution in [0.3, 0.4) is 0 Å². The first-order chi connectivity index (χ1) is 16.1. The maximum atomic E-state index is 14.2. The molecule has 2 heterocycles. The summed E-state index contributed by atoms with van der Waals surface area (Å²) in [6.45, 7) is 3.54. The fraction of sp³-hybridized carbons (Fsp3) is 0.231. The van der Waals surface area contributed by atoms with E-state index in [4.69, 9.17) is 14.5 Å². The summed E-state index contributed by atoms with van der Waals surface area (Å²) in [6, 6.07) is 19.3. The molecule has 2 aliphatic rings. The molecule has 5 rings (SSSR count). The molecule has 2 aliphatic heterocycles. The van der Waals surface area contributed by atoms with E-state index in [-0.39, 0.29) is 17.5 Å². The summed E-state index contributed by atoms with van der Waals surface area (Å²) in [5, 5.41) is 0. The lowest BCUT2D eigenvalue weighted by Crippen LogP contribution is -2.55. The van der Waals surface area contributed by atoms with Crippen LogP contribution in [-0.2, 0) is 0 Å². The van der Waals surface area contributed by atoms with Crippen LogP contribution in [0.1, 0.15) is 22.8 Å². The van der Waals surface area contributed by atoms with E-state index in [0.29, 0.717) is 36.9 Å². The molecule has 7 heteroatoms. The molecule has 0 aliphatic carbocycles. The third-order valence-electron chi connectivity index (χ3n) is 6.04. The molecule has 0 spiro atoms. The van der Waals surface area contributed by atoms with Crippen molar-refractivity contribution in [3.05, 3.63) is 83.7 Å². The van der Waals surface area contributed by atoms with Gasteiger partial charge in [0.05, 0.1) is 18.2 Å². The number of benzene rings is 3. The zero-order chi connectivity index (χ0) is 22.9. The van der Waals surface area contributed by atoms with E-state index in [1.807, 2.05) is 49.4 Å². The summed E-state index contributed by atoms with van der Waals surface area (Å²) in [4.78, 5) is 21.8. The van der Waals surface area contributed by atoms with Gasteiger partial charge in [-0.25, -0.2) is 9.38 Å². The molecule has 1 fully saturated rings. The Morgan fingerprint density at radius 1 is 1.06 bits per heavy atom. The van der Waals surface area contributed by atoms with Crippen LogP contribution < -0.4 is 9.47 Å². The van der Waals surface area contributed by atoms with Crippen LogP contribution >= 0.6 is 0 Å². The number of carbonyl (C=O) groups is 1. The minimum Gasteiger partial charge on any atom is -0.493 e. The summed E-state index contributed by atoms with van der Waals surface area (Å²) < 4.78 is 26.0. The fourth-order valence-electron chi connectivity index (χ4n) is 4.36. The topological polar surface area (TPSA) is 54.4 Å². The van der Waals surface area contributed by atoms with Gasteiger partial charge in [0.2, 0.25) is 0 Å². The standard InChI is InChI=1S/C26H24FN3O3/c1-17-16-29(14-15-30(17)26(31)18-8-3-4-10-20(18)27)25-19-9-7-13-23(32-2)24(19)33-22-12-6-5-11-21(22)28-25/h3-13,17H,14-16H2,1-2H3/t17-/m0/s1. The predicted molar refractivity (Wildman–Crippen MR) is 124 cm³/mol. The Bertz CT molecular complexity index is 1240. The molecule has 0 radical (unpaired) electrons. The van der Waals surface area contributed by atoms with Gasteiger partial charge >= 0.3 is 0 Å². The normalized spacial score (nSPS) is 17.3.